The topological polar surface area (TPSA) is 47.0 Å². The van der Waals surface area contributed by atoms with Crippen LogP contribution in [0.4, 0.5) is 0 Å². The Morgan fingerprint density at radius 3 is 2.84 bits per heavy atom. The fraction of sp³-hybridized carbons (Fsp3) is 0.333. The number of rotatable bonds is 5. The van der Waals surface area contributed by atoms with Gasteiger partial charge in [0.25, 0.3) is 0 Å². The molecule has 2 aromatic rings. The molecule has 1 N–H and O–H groups in total. The van der Waals surface area contributed by atoms with Crippen molar-refractivity contribution in [3.63, 3.8) is 0 Å². The van der Waals surface area contributed by atoms with Crippen molar-refractivity contribution in [3.05, 3.63) is 41.7 Å². The molecule has 1 aromatic heterocycles. The van der Waals surface area contributed by atoms with Crippen molar-refractivity contribution in [2.75, 3.05) is 13.7 Å². The molecule has 0 fully saturated rings. The van der Waals surface area contributed by atoms with Crippen molar-refractivity contribution in [2.45, 2.75) is 20.4 Å². The molecule has 0 aliphatic carbocycles. The highest BCUT2D eigenvalue weighted by Crippen LogP contribution is 2.28. The quantitative estimate of drug-likeness (QED) is 0.894. The van der Waals surface area contributed by atoms with Crippen LogP contribution in [0.15, 0.2) is 30.5 Å². The van der Waals surface area contributed by atoms with E-state index in [0.29, 0.717) is 5.82 Å². The van der Waals surface area contributed by atoms with Gasteiger partial charge >= 0.3 is 0 Å². The summed E-state index contributed by atoms with van der Waals surface area (Å²) < 4.78 is 5.41. The van der Waals surface area contributed by atoms with Crippen LogP contribution in [-0.4, -0.2) is 23.6 Å². The number of nitrogens with zero attached hydrogens (tertiary/aromatic N) is 2. The van der Waals surface area contributed by atoms with E-state index in [9.17, 15) is 0 Å². The standard InChI is InChI=1S/C15H19N3O/c1-4-16-10-12-7-8-17-15(18-12)13-6-5-11(2)9-14(13)19-3/h5-9,16H,4,10H2,1-3H3. The number of aryl methyl sites for hydroxylation is 1. The monoisotopic (exact) mass is 257 g/mol. The van der Waals surface area contributed by atoms with Gasteiger partial charge in [-0.25, -0.2) is 9.97 Å². The van der Waals surface area contributed by atoms with Gasteiger partial charge in [-0.3, -0.25) is 0 Å². The lowest BCUT2D eigenvalue weighted by Gasteiger charge is -2.09. The van der Waals surface area contributed by atoms with Crippen LogP contribution in [0.25, 0.3) is 11.4 Å². The zero-order valence-electron chi connectivity index (χ0n) is 11.6. The van der Waals surface area contributed by atoms with Crippen molar-refractivity contribution in [1.82, 2.24) is 15.3 Å². The molecular formula is C15H19N3O. The molecular weight excluding hydrogens is 238 g/mol. The van der Waals surface area contributed by atoms with Gasteiger partial charge < -0.3 is 10.1 Å². The molecule has 0 unspecified atom stereocenters. The molecule has 0 spiro atoms. The summed E-state index contributed by atoms with van der Waals surface area (Å²) in [5.74, 6) is 1.51. The van der Waals surface area contributed by atoms with Crippen molar-refractivity contribution in [1.29, 1.82) is 0 Å². The number of nitrogens with one attached hydrogen (secondary N) is 1. The van der Waals surface area contributed by atoms with Crippen LogP contribution in [-0.2, 0) is 6.54 Å². The fourth-order valence-corrected chi connectivity index (χ4v) is 1.86. The van der Waals surface area contributed by atoms with Gasteiger partial charge in [-0.1, -0.05) is 13.0 Å². The summed E-state index contributed by atoms with van der Waals surface area (Å²) in [5.41, 5.74) is 3.06. The van der Waals surface area contributed by atoms with E-state index in [2.05, 4.69) is 22.2 Å². The molecule has 0 aliphatic rings. The second-order valence-electron chi connectivity index (χ2n) is 4.36. The van der Waals surface area contributed by atoms with Gasteiger partial charge in [-0.15, -0.1) is 0 Å². The molecule has 0 amide bonds. The fourth-order valence-electron chi connectivity index (χ4n) is 1.86. The summed E-state index contributed by atoms with van der Waals surface area (Å²) in [6, 6.07) is 7.96. The lowest BCUT2D eigenvalue weighted by molar-refractivity contribution is 0.416. The molecule has 0 radical (unpaired) electrons. The smallest absolute Gasteiger partial charge is 0.163 e. The number of hydrogen-bond acceptors (Lipinski definition) is 4. The summed E-state index contributed by atoms with van der Waals surface area (Å²) in [4.78, 5) is 8.90. The predicted molar refractivity (Wildman–Crippen MR) is 76.1 cm³/mol. The molecule has 0 atom stereocenters. The van der Waals surface area contributed by atoms with E-state index in [1.165, 1.54) is 0 Å². The molecule has 1 heterocycles. The Hall–Kier alpha value is -1.94. The van der Waals surface area contributed by atoms with Crippen LogP contribution in [0.5, 0.6) is 5.75 Å². The van der Waals surface area contributed by atoms with Crippen molar-refractivity contribution >= 4 is 0 Å². The molecule has 1 aromatic carbocycles. The first-order valence-corrected chi connectivity index (χ1v) is 6.42. The largest absolute Gasteiger partial charge is 0.496 e. The average molecular weight is 257 g/mol. The Morgan fingerprint density at radius 1 is 1.26 bits per heavy atom. The molecule has 100 valence electrons. The van der Waals surface area contributed by atoms with Gasteiger partial charge in [-0.2, -0.15) is 0 Å². The van der Waals surface area contributed by atoms with E-state index in [1.807, 2.05) is 31.2 Å². The molecule has 0 aliphatic heterocycles. The second kappa shape index (κ2) is 6.29. The normalized spacial score (nSPS) is 10.5. The minimum atomic E-state index is 0.701. The van der Waals surface area contributed by atoms with Gasteiger partial charge in [0.15, 0.2) is 5.82 Å². The number of hydrogen-bond donors (Lipinski definition) is 1. The summed E-state index contributed by atoms with van der Waals surface area (Å²) in [6.45, 7) is 5.78. The van der Waals surface area contributed by atoms with E-state index < -0.39 is 0 Å². The van der Waals surface area contributed by atoms with E-state index in [-0.39, 0.29) is 0 Å². The molecule has 4 heteroatoms. The van der Waals surface area contributed by atoms with E-state index in [0.717, 1.165) is 35.7 Å². The third kappa shape index (κ3) is 3.29. The van der Waals surface area contributed by atoms with Gasteiger partial charge in [0.1, 0.15) is 5.75 Å². The van der Waals surface area contributed by atoms with Crippen molar-refractivity contribution in [3.8, 4) is 17.1 Å². The zero-order valence-corrected chi connectivity index (χ0v) is 11.6. The third-order valence-corrected chi connectivity index (χ3v) is 2.87. The molecule has 2 rings (SSSR count). The summed E-state index contributed by atoms with van der Waals surface area (Å²) >= 11 is 0. The second-order valence-corrected chi connectivity index (χ2v) is 4.36. The molecule has 0 saturated heterocycles. The van der Waals surface area contributed by atoms with Gasteiger partial charge in [0.2, 0.25) is 0 Å². The average Bonchev–Trinajstić information content (AvgIpc) is 2.45. The van der Waals surface area contributed by atoms with Crippen LogP contribution in [0.1, 0.15) is 18.2 Å². The highest BCUT2D eigenvalue weighted by atomic mass is 16.5. The Bertz CT molecular complexity index is 555. The predicted octanol–water partition coefficient (Wildman–Crippen LogP) is 2.57. The zero-order chi connectivity index (χ0) is 13.7. The molecule has 0 bridgehead atoms. The third-order valence-electron chi connectivity index (χ3n) is 2.87. The van der Waals surface area contributed by atoms with Crippen LogP contribution in [0.2, 0.25) is 0 Å². The Kier molecular flexibility index (Phi) is 4.47. The van der Waals surface area contributed by atoms with E-state index >= 15 is 0 Å². The first-order chi connectivity index (χ1) is 9.24. The molecule has 19 heavy (non-hydrogen) atoms. The highest BCUT2D eigenvalue weighted by Gasteiger charge is 2.09. The summed E-state index contributed by atoms with van der Waals surface area (Å²) in [6.07, 6.45) is 1.79. The first kappa shape index (κ1) is 13.5. The maximum atomic E-state index is 5.41. The lowest BCUT2D eigenvalue weighted by atomic mass is 10.1. The summed E-state index contributed by atoms with van der Waals surface area (Å²) in [7, 11) is 1.67. The summed E-state index contributed by atoms with van der Waals surface area (Å²) in [5, 5.41) is 3.26. The van der Waals surface area contributed by atoms with Gasteiger partial charge in [-0.05, 0) is 37.2 Å². The Morgan fingerprint density at radius 2 is 2.11 bits per heavy atom. The number of ether oxygens (including phenoxy) is 1. The number of methoxy groups -OCH3 is 1. The van der Waals surface area contributed by atoms with Crippen molar-refractivity contribution in [2.24, 2.45) is 0 Å². The molecule has 0 saturated carbocycles. The lowest BCUT2D eigenvalue weighted by Crippen LogP contribution is -2.13. The van der Waals surface area contributed by atoms with Gasteiger partial charge in [0.05, 0.1) is 18.4 Å². The Labute approximate surface area is 113 Å². The minimum absolute atomic E-state index is 0.701. The van der Waals surface area contributed by atoms with Crippen LogP contribution < -0.4 is 10.1 Å². The van der Waals surface area contributed by atoms with Gasteiger partial charge in [0, 0.05) is 12.7 Å². The minimum Gasteiger partial charge on any atom is -0.496 e. The first-order valence-electron chi connectivity index (χ1n) is 6.42. The van der Waals surface area contributed by atoms with Crippen LogP contribution in [0, 0.1) is 6.92 Å². The highest BCUT2D eigenvalue weighted by molar-refractivity contribution is 5.64. The molecule has 4 nitrogen and oxygen atoms in total. The maximum absolute atomic E-state index is 5.41. The van der Waals surface area contributed by atoms with Crippen LogP contribution in [0.3, 0.4) is 0 Å². The van der Waals surface area contributed by atoms with E-state index in [4.69, 9.17) is 4.74 Å². The number of benzene rings is 1. The number of aromatic nitrogens is 2. The maximum Gasteiger partial charge on any atom is 0.163 e. The van der Waals surface area contributed by atoms with E-state index in [1.54, 1.807) is 13.3 Å². The van der Waals surface area contributed by atoms with Crippen molar-refractivity contribution < 1.29 is 4.74 Å². The Balaban J connectivity index is 2.35. The SMILES string of the molecule is CCNCc1ccnc(-c2ccc(C)cc2OC)n1. The van der Waals surface area contributed by atoms with Crippen LogP contribution >= 0.6 is 0 Å².